The number of carbonyl (C=O) groups is 5. The highest BCUT2D eigenvalue weighted by Crippen LogP contribution is 2.46. The number of methoxy groups -OCH3 is 1. The third-order valence-corrected chi connectivity index (χ3v) is 5.69. The first-order chi connectivity index (χ1) is 15.8. The second-order valence-electron chi connectivity index (χ2n) is 7.81. The fourth-order valence-corrected chi connectivity index (χ4v) is 4.26. The van der Waals surface area contributed by atoms with E-state index in [0.29, 0.717) is 0 Å². The molecular weight excluding hydrogens is 476 g/mol. The van der Waals surface area contributed by atoms with Crippen molar-refractivity contribution in [1.82, 2.24) is 0 Å². The first-order valence-corrected chi connectivity index (χ1v) is 10.9. The van der Waals surface area contributed by atoms with E-state index in [9.17, 15) is 24.0 Å². The van der Waals surface area contributed by atoms with E-state index in [1.54, 1.807) is 6.92 Å². The first-order valence-electron chi connectivity index (χ1n) is 10.5. The smallest absolute Gasteiger partial charge is 0.354 e. The van der Waals surface area contributed by atoms with Gasteiger partial charge >= 0.3 is 29.8 Å². The van der Waals surface area contributed by atoms with Crippen LogP contribution in [0.25, 0.3) is 0 Å². The predicted octanol–water partition coefficient (Wildman–Crippen LogP) is 1.68. The first kappa shape index (κ1) is 29.4. The van der Waals surface area contributed by atoms with E-state index in [1.165, 1.54) is 13.0 Å². The lowest BCUT2D eigenvalue weighted by atomic mass is 9.77. The van der Waals surface area contributed by atoms with E-state index < -0.39 is 77.8 Å². The summed E-state index contributed by atoms with van der Waals surface area (Å²) in [6.07, 6.45) is -3.43. The number of hydrogen-bond donors (Lipinski definition) is 0. The SMILES string of the molecule is C=CC[C@H]1[C@H](OC(C)=O)[C@@H](C)[C@H]([C@H](OC(C)=O)[C@@H](COC(C)=O)OC(C)=O)O[C@]1(Cl)C(=O)OC. The molecule has 0 unspecified atom stereocenters. The second kappa shape index (κ2) is 12.7. The van der Waals surface area contributed by atoms with Gasteiger partial charge in [0.2, 0.25) is 5.06 Å². The van der Waals surface area contributed by atoms with Gasteiger partial charge in [0.15, 0.2) is 12.2 Å². The molecule has 0 aromatic carbocycles. The van der Waals surface area contributed by atoms with Gasteiger partial charge in [0.1, 0.15) is 18.8 Å². The van der Waals surface area contributed by atoms with Gasteiger partial charge in [-0.15, -0.1) is 6.58 Å². The summed E-state index contributed by atoms with van der Waals surface area (Å²) in [6.45, 7) is 9.33. The van der Waals surface area contributed by atoms with Crippen LogP contribution >= 0.6 is 11.6 Å². The van der Waals surface area contributed by atoms with Crippen LogP contribution in [0, 0.1) is 11.8 Å². The standard InChI is InChI=1S/C22H31ClO11/c1-8-9-16-18(32-14(5)26)11(2)19(34-22(16,23)21(28)29-7)20(33-15(6)27)17(31-13(4)25)10-30-12(3)24/h8,11,16-20H,1,9-10H2,2-7H3/t11-,16+,17-,18-,19-,20-,22+/m1/s1. The molecule has 0 aliphatic carbocycles. The molecule has 7 atom stereocenters. The largest absolute Gasteiger partial charge is 0.466 e. The van der Waals surface area contributed by atoms with Gasteiger partial charge in [0.25, 0.3) is 0 Å². The summed E-state index contributed by atoms with van der Waals surface area (Å²) in [5.41, 5.74) is 0. The Bertz CT molecular complexity index is 798. The van der Waals surface area contributed by atoms with Crippen LogP contribution in [0.3, 0.4) is 0 Å². The Morgan fingerprint density at radius 2 is 1.62 bits per heavy atom. The molecule has 1 fully saturated rings. The van der Waals surface area contributed by atoms with Crippen LogP contribution in [-0.2, 0) is 52.4 Å². The van der Waals surface area contributed by atoms with Gasteiger partial charge < -0.3 is 28.4 Å². The van der Waals surface area contributed by atoms with Crippen LogP contribution in [0.4, 0.5) is 0 Å². The molecule has 0 N–H and O–H groups in total. The van der Waals surface area contributed by atoms with Crippen molar-refractivity contribution in [3.63, 3.8) is 0 Å². The molecule has 11 nitrogen and oxygen atoms in total. The number of hydrogen-bond acceptors (Lipinski definition) is 11. The highest BCUT2D eigenvalue weighted by Gasteiger charge is 2.61. The summed E-state index contributed by atoms with van der Waals surface area (Å²) in [4.78, 5) is 59.8. The minimum Gasteiger partial charge on any atom is -0.466 e. The second-order valence-corrected chi connectivity index (χ2v) is 8.37. The van der Waals surface area contributed by atoms with E-state index in [-0.39, 0.29) is 6.42 Å². The molecule has 0 amide bonds. The predicted molar refractivity (Wildman–Crippen MR) is 116 cm³/mol. The molecule has 1 aliphatic heterocycles. The van der Waals surface area contributed by atoms with Crippen molar-refractivity contribution in [3.05, 3.63) is 12.7 Å². The zero-order valence-corrected chi connectivity index (χ0v) is 20.8. The number of ether oxygens (including phenoxy) is 6. The Kier molecular flexibility index (Phi) is 11.0. The summed E-state index contributed by atoms with van der Waals surface area (Å²) in [5, 5.41) is -2.18. The van der Waals surface area contributed by atoms with Crippen molar-refractivity contribution in [2.45, 2.75) is 70.5 Å². The lowest BCUT2D eigenvalue weighted by molar-refractivity contribution is -0.248. The van der Waals surface area contributed by atoms with E-state index in [0.717, 1.165) is 27.9 Å². The third-order valence-electron chi connectivity index (χ3n) is 5.16. The average Bonchev–Trinajstić information content (AvgIpc) is 2.73. The van der Waals surface area contributed by atoms with Crippen molar-refractivity contribution in [1.29, 1.82) is 0 Å². The molecule has 192 valence electrons. The minimum atomic E-state index is -2.18. The van der Waals surface area contributed by atoms with Gasteiger partial charge in [-0.2, -0.15) is 0 Å². The van der Waals surface area contributed by atoms with Crippen LogP contribution in [0.2, 0.25) is 0 Å². The molecule has 0 saturated carbocycles. The molecular formula is C22H31ClO11. The lowest BCUT2D eigenvalue weighted by Crippen LogP contribution is -2.64. The number of carbonyl (C=O) groups excluding carboxylic acids is 5. The molecule has 1 aliphatic rings. The average molecular weight is 507 g/mol. The lowest BCUT2D eigenvalue weighted by Gasteiger charge is -2.50. The molecule has 0 aromatic heterocycles. The molecule has 0 aromatic rings. The van der Waals surface area contributed by atoms with E-state index in [2.05, 4.69) is 6.58 Å². The van der Waals surface area contributed by atoms with Gasteiger partial charge in [-0.25, -0.2) is 4.79 Å². The fraction of sp³-hybridized carbons (Fsp3) is 0.682. The highest BCUT2D eigenvalue weighted by atomic mass is 35.5. The van der Waals surface area contributed by atoms with Gasteiger partial charge in [0, 0.05) is 33.6 Å². The van der Waals surface area contributed by atoms with Gasteiger partial charge in [-0.3, -0.25) is 19.2 Å². The number of rotatable bonds is 10. The molecule has 34 heavy (non-hydrogen) atoms. The summed E-state index contributed by atoms with van der Waals surface area (Å²) < 4.78 is 32.0. The number of halogens is 1. The summed E-state index contributed by atoms with van der Waals surface area (Å²) in [6, 6.07) is 0. The molecule has 0 radical (unpaired) electrons. The quantitative estimate of drug-likeness (QED) is 0.185. The fourth-order valence-electron chi connectivity index (χ4n) is 3.86. The maximum absolute atomic E-state index is 12.7. The molecule has 0 bridgehead atoms. The zero-order valence-electron chi connectivity index (χ0n) is 20.0. The summed E-state index contributed by atoms with van der Waals surface area (Å²) >= 11 is 6.66. The van der Waals surface area contributed by atoms with Gasteiger partial charge in [-0.05, 0) is 6.42 Å². The maximum Gasteiger partial charge on any atom is 0.354 e. The highest BCUT2D eigenvalue weighted by molar-refractivity contribution is 6.33. The Morgan fingerprint density at radius 3 is 2.06 bits per heavy atom. The van der Waals surface area contributed by atoms with Crippen LogP contribution in [0.1, 0.15) is 41.0 Å². The third kappa shape index (κ3) is 7.42. The van der Waals surface area contributed by atoms with Crippen LogP contribution in [-0.4, -0.2) is 73.0 Å². The van der Waals surface area contributed by atoms with Crippen molar-refractivity contribution in [3.8, 4) is 0 Å². The molecule has 1 saturated heterocycles. The molecule has 12 heteroatoms. The maximum atomic E-state index is 12.7. The van der Waals surface area contributed by atoms with Crippen LogP contribution in [0.5, 0.6) is 0 Å². The zero-order chi connectivity index (χ0) is 26.2. The number of allylic oxidation sites excluding steroid dienone is 1. The Morgan fingerprint density at radius 1 is 1.03 bits per heavy atom. The van der Waals surface area contributed by atoms with Crippen molar-refractivity contribution in [2.24, 2.45) is 11.8 Å². The Hall–Kier alpha value is -2.66. The molecule has 1 heterocycles. The van der Waals surface area contributed by atoms with Crippen LogP contribution in [0.15, 0.2) is 12.7 Å². The van der Waals surface area contributed by atoms with Gasteiger partial charge in [-0.1, -0.05) is 24.6 Å². The van der Waals surface area contributed by atoms with Crippen molar-refractivity contribution < 1.29 is 52.4 Å². The van der Waals surface area contributed by atoms with Gasteiger partial charge in [0.05, 0.1) is 13.0 Å². The van der Waals surface area contributed by atoms with Crippen molar-refractivity contribution in [2.75, 3.05) is 13.7 Å². The van der Waals surface area contributed by atoms with E-state index in [1.807, 2.05) is 0 Å². The minimum absolute atomic E-state index is 0.104. The number of esters is 5. The van der Waals surface area contributed by atoms with Crippen molar-refractivity contribution >= 4 is 41.4 Å². The molecule has 1 rings (SSSR count). The number of alkyl halides is 1. The topological polar surface area (TPSA) is 141 Å². The summed E-state index contributed by atoms with van der Waals surface area (Å²) in [7, 11) is 1.10. The van der Waals surface area contributed by atoms with Crippen LogP contribution < -0.4 is 0 Å². The Labute approximate surface area is 202 Å². The van der Waals surface area contributed by atoms with E-state index in [4.69, 9.17) is 40.0 Å². The molecule has 0 spiro atoms. The normalized spacial score (nSPS) is 28.0. The van der Waals surface area contributed by atoms with E-state index >= 15 is 0 Å². The monoisotopic (exact) mass is 506 g/mol. The Balaban J connectivity index is 3.63. The summed E-state index contributed by atoms with van der Waals surface area (Å²) in [5.74, 6) is -5.53.